The van der Waals surface area contributed by atoms with E-state index < -0.39 is 0 Å². The van der Waals surface area contributed by atoms with Crippen LogP contribution in [0.4, 0.5) is 0 Å². The van der Waals surface area contributed by atoms with Gasteiger partial charge in [0.05, 0.1) is 0 Å². The number of halogens is 2. The van der Waals surface area contributed by atoms with Crippen LogP contribution in [0.3, 0.4) is 0 Å². The first kappa shape index (κ1) is 207. The van der Waals surface area contributed by atoms with E-state index in [1.54, 1.807) is 0 Å². The van der Waals surface area contributed by atoms with Gasteiger partial charge in [0.2, 0.25) is 0 Å². The number of rotatable bonds is 0. The fourth-order valence-electron chi connectivity index (χ4n) is 0. The molecule has 12 N–H and O–H groups in total. The van der Waals surface area contributed by atoms with Crippen LogP contribution in [0.15, 0.2) is 0 Å². The van der Waals surface area contributed by atoms with E-state index in [9.17, 15) is 0 Å². The minimum absolute atomic E-state index is 0. The van der Waals surface area contributed by atoms with Gasteiger partial charge in [-0.25, -0.2) is 0 Å². The quantitative estimate of drug-likeness (QED) is 0.395. The molecule has 8 heavy (non-hydrogen) atoms. The largest absolute Gasteiger partial charge is 0.412 e. The lowest BCUT2D eigenvalue weighted by Gasteiger charge is -1.00. The Kier molecular flexibility index (Phi) is 29500. The molecule has 0 radical (unpaired) electrons. The number of hydrogen-bond donors (Lipinski definition) is 0. The van der Waals surface area contributed by atoms with Crippen molar-refractivity contribution in [1.29, 1.82) is 0 Å². The molecule has 0 spiro atoms. The lowest BCUT2D eigenvalue weighted by atomic mass is 16.0. The monoisotopic (exact) mass is 222 g/mol. The highest BCUT2D eigenvalue weighted by Gasteiger charge is 1.00. The summed E-state index contributed by atoms with van der Waals surface area (Å²) in [6.07, 6.45) is 0. The van der Waals surface area contributed by atoms with Crippen LogP contribution in [-0.2, 0) is 0 Å². The normalized spacial score (nSPS) is 0.750. The molecule has 0 bridgehead atoms. The zero-order valence-corrected chi connectivity index (χ0v) is 6.10. The summed E-state index contributed by atoms with van der Waals surface area (Å²) in [6.45, 7) is 0. The van der Waals surface area contributed by atoms with E-state index in [0.717, 1.165) is 0 Å². The maximum Gasteiger partial charge on any atom is 0.0341 e. The van der Waals surface area contributed by atoms with E-state index in [4.69, 9.17) is 0 Å². The molecule has 0 atom stereocenters. The highest BCUT2D eigenvalue weighted by molar-refractivity contribution is 9.22. The fraction of sp³-hybridized carbons (Fsp3) is 0. The van der Waals surface area contributed by atoms with Crippen molar-refractivity contribution in [3.8, 4) is 0 Å². The van der Waals surface area contributed by atoms with Gasteiger partial charge in [-0.15, -0.1) is 0 Å². The summed E-state index contributed by atoms with van der Waals surface area (Å²) in [5, 5.41) is 0. The zero-order chi connectivity index (χ0) is 2.00. The van der Waals surface area contributed by atoms with Crippen LogP contribution in [0.2, 0.25) is 0 Å². The Balaban J connectivity index is -0.000000000333. The predicted molar refractivity (Wildman–Crippen MR) is 36.5 cm³/mol. The van der Waals surface area contributed by atoms with Crippen molar-refractivity contribution in [3.63, 3.8) is 0 Å². The summed E-state index contributed by atoms with van der Waals surface area (Å²) in [6, 6.07) is 0. The summed E-state index contributed by atoms with van der Waals surface area (Å²) < 4.78 is 0. The Labute approximate surface area is 58.7 Å². The van der Waals surface area contributed by atoms with Crippen molar-refractivity contribution in [3.05, 3.63) is 0 Å². The van der Waals surface area contributed by atoms with Crippen LogP contribution in [0.1, 0.15) is 0 Å². The third kappa shape index (κ3) is 711. The van der Waals surface area contributed by atoms with Crippen molar-refractivity contribution >= 4 is 25.1 Å². The van der Waals surface area contributed by atoms with Gasteiger partial charge < -0.3 is 32.9 Å². The third-order valence-electron chi connectivity index (χ3n) is 0. The minimum atomic E-state index is 0. The molecule has 0 fully saturated rings. The molecular weight excluding hydrogens is 211 g/mol. The lowest BCUT2D eigenvalue weighted by Crippen LogP contribution is -0.290. The molecule has 0 aliphatic heterocycles. The Morgan fingerprint density at radius 1 is 0.500 bits per heavy atom. The highest BCUT2D eigenvalue weighted by atomic mass is 79.9. The Hall–Kier alpha value is 0.530. The van der Waals surface area contributed by atoms with E-state index in [0.29, 0.717) is 0 Å². The van der Waals surface area contributed by atoms with Gasteiger partial charge >= 0.3 is 0 Å². The summed E-state index contributed by atoms with van der Waals surface area (Å²) >= 11 is 2.41. The van der Waals surface area contributed by atoms with Crippen LogP contribution in [0.25, 0.3) is 0 Å². The molecule has 0 rings (SSSR count). The zero-order valence-electron chi connectivity index (χ0n) is 3.76. The SMILES string of the molecule is ClBr.O.O.O.O.O.O. The van der Waals surface area contributed by atoms with E-state index in [2.05, 4.69) is 25.1 Å². The van der Waals surface area contributed by atoms with E-state index in [1.165, 1.54) is 0 Å². The topological polar surface area (TPSA) is 189 Å². The van der Waals surface area contributed by atoms with Gasteiger partial charge in [-0.1, -0.05) is 0 Å². The summed E-state index contributed by atoms with van der Waals surface area (Å²) in [4.78, 5) is 0. The first-order valence-electron chi connectivity index (χ1n) is 0.143. The second-order valence-corrected chi connectivity index (χ2v) is 0. The maximum absolute atomic E-state index is 4.45. The summed E-state index contributed by atoms with van der Waals surface area (Å²) in [5.41, 5.74) is 0. The van der Waals surface area contributed by atoms with Crippen LogP contribution < -0.4 is 0 Å². The predicted octanol–water partition coefficient (Wildman–Crippen LogP) is -3.41. The van der Waals surface area contributed by atoms with Crippen molar-refractivity contribution in [2.45, 2.75) is 0 Å². The van der Waals surface area contributed by atoms with E-state index >= 15 is 0 Å². The highest BCUT2D eigenvalue weighted by Crippen LogP contribution is 1.77. The molecule has 0 aliphatic carbocycles. The Morgan fingerprint density at radius 3 is 0.500 bits per heavy atom. The second-order valence-electron chi connectivity index (χ2n) is 0. The van der Waals surface area contributed by atoms with Gasteiger partial charge in [0.25, 0.3) is 0 Å². The van der Waals surface area contributed by atoms with Crippen molar-refractivity contribution in [2.75, 3.05) is 0 Å². The van der Waals surface area contributed by atoms with Gasteiger partial charge in [0.15, 0.2) is 0 Å². The standard InChI is InChI=1S/BrCl.6H2O/c1-2;;;;;;/h;6*1H2. The minimum Gasteiger partial charge on any atom is -0.412 e. The summed E-state index contributed by atoms with van der Waals surface area (Å²) in [7, 11) is 4.45. The van der Waals surface area contributed by atoms with E-state index in [-0.39, 0.29) is 32.9 Å². The first-order chi connectivity index (χ1) is 1.00. The van der Waals surface area contributed by atoms with Crippen LogP contribution in [0.5, 0.6) is 0 Å². The van der Waals surface area contributed by atoms with Crippen LogP contribution in [0, 0.1) is 0 Å². The van der Waals surface area contributed by atoms with Gasteiger partial charge in [0.1, 0.15) is 0 Å². The first-order valence-corrected chi connectivity index (χ1v) is 2.23. The molecule has 0 saturated carbocycles. The maximum atomic E-state index is 4.45. The van der Waals surface area contributed by atoms with Crippen molar-refractivity contribution in [2.24, 2.45) is 0 Å². The summed E-state index contributed by atoms with van der Waals surface area (Å²) in [5.74, 6) is 0. The Morgan fingerprint density at radius 2 is 0.500 bits per heavy atom. The molecule has 0 aliphatic rings. The van der Waals surface area contributed by atoms with Gasteiger partial charge in [0, 0.05) is 15.0 Å². The van der Waals surface area contributed by atoms with Gasteiger partial charge in [-0.05, 0) is 10.1 Å². The second kappa shape index (κ2) is 1140. The average Bonchev–Trinajstić information content (AvgIpc) is 1.00. The molecule has 0 saturated heterocycles. The fourth-order valence-corrected chi connectivity index (χ4v) is 0. The molecule has 0 aromatic rings. The third-order valence-corrected chi connectivity index (χ3v) is 0. The molecular formula is H12BrClO6. The molecule has 0 heterocycles. The molecule has 8 heteroatoms. The van der Waals surface area contributed by atoms with Crippen LogP contribution >= 0.6 is 25.1 Å². The van der Waals surface area contributed by atoms with Gasteiger partial charge in [-0.3, -0.25) is 0 Å². The lowest BCUT2D eigenvalue weighted by molar-refractivity contribution is 0.823. The van der Waals surface area contributed by atoms with Gasteiger partial charge in [-0.2, -0.15) is 0 Å². The smallest absolute Gasteiger partial charge is 0.0341 e. The van der Waals surface area contributed by atoms with E-state index in [1.807, 2.05) is 0 Å². The van der Waals surface area contributed by atoms with Crippen LogP contribution in [-0.4, -0.2) is 32.9 Å². The molecule has 0 aromatic carbocycles. The molecule has 0 amide bonds. The number of hydrogen-bond acceptors (Lipinski definition) is 0. The molecule has 62 valence electrons. The van der Waals surface area contributed by atoms with Crippen molar-refractivity contribution in [1.82, 2.24) is 0 Å². The average molecular weight is 223 g/mol. The Bertz CT molecular complexity index is 8.49. The van der Waals surface area contributed by atoms with Crippen molar-refractivity contribution < 1.29 is 32.9 Å². The molecule has 6 nitrogen and oxygen atoms in total. The molecule has 0 aromatic heterocycles. The molecule has 0 unspecified atom stereocenters.